The van der Waals surface area contributed by atoms with Crippen molar-refractivity contribution in [3.8, 4) is 0 Å². The van der Waals surface area contributed by atoms with Crippen molar-refractivity contribution in [3.63, 3.8) is 0 Å². The van der Waals surface area contributed by atoms with Crippen LogP contribution in [0.4, 0.5) is 0 Å². The van der Waals surface area contributed by atoms with Gasteiger partial charge in [-0.15, -0.1) is 0 Å². The average molecular weight is 405 g/mol. The highest BCUT2D eigenvalue weighted by molar-refractivity contribution is 9.11. The molecule has 1 aliphatic rings. The Labute approximate surface area is 134 Å². The monoisotopic (exact) mass is 403 g/mol. The zero-order valence-electron chi connectivity index (χ0n) is 11.0. The second-order valence-corrected chi connectivity index (χ2v) is 6.72. The van der Waals surface area contributed by atoms with Crippen LogP contribution in [0.15, 0.2) is 27.1 Å². The molecule has 0 aromatic heterocycles. The number of ether oxygens (including phenoxy) is 1. The Bertz CT molecular complexity index is 509. The maximum absolute atomic E-state index is 12.2. The molecule has 2 rings (SSSR count). The molecule has 0 spiro atoms. The van der Waals surface area contributed by atoms with Gasteiger partial charge in [0.2, 0.25) is 0 Å². The first-order valence-corrected chi connectivity index (χ1v) is 7.93. The van der Waals surface area contributed by atoms with Crippen LogP contribution in [-0.2, 0) is 9.53 Å². The molecule has 20 heavy (non-hydrogen) atoms. The molecule has 1 atom stereocenters. The Balaban J connectivity index is 2.08. The number of esters is 1. The SMILES string of the molecule is COC(=O)[C@@H](CC1CC1)NC(=O)c1cc(Br)cc(Br)c1. The summed E-state index contributed by atoms with van der Waals surface area (Å²) in [5.74, 6) is -0.143. The zero-order chi connectivity index (χ0) is 14.7. The van der Waals surface area contributed by atoms with Crippen LogP contribution in [0, 0.1) is 5.92 Å². The minimum absolute atomic E-state index is 0.275. The summed E-state index contributed by atoms with van der Waals surface area (Å²) in [5, 5.41) is 2.75. The molecule has 0 aliphatic heterocycles. The maximum Gasteiger partial charge on any atom is 0.328 e. The van der Waals surface area contributed by atoms with Gasteiger partial charge in [-0.05, 0) is 30.5 Å². The minimum atomic E-state index is -0.572. The fraction of sp³-hybridized carbons (Fsp3) is 0.429. The van der Waals surface area contributed by atoms with Crippen molar-refractivity contribution in [3.05, 3.63) is 32.7 Å². The Morgan fingerprint density at radius 2 is 1.90 bits per heavy atom. The second kappa shape index (κ2) is 6.72. The Kier molecular flexibility index (Phi) is 5.21. The molecule has 1 amide bonds. The quantitative estimate of drug-likeness (QED) is 0.766. The summed E-state index contributed by atoms with van der Waals surface area (Å²) in [5.41, 5.74) is 0.496. The number of benzene rings is 1. The van der Waals surface area contributed by atoms with Crippen LogP contribution in [0.3, 0.4) is 0 Å². The first-order valence-electron chi connectivity index (χ1n) is 6.34. The van der Waals surface area contributed by atoms with Crippen LogP contribution in [-0.4, -0.2) is 25.0 Å². The lowest BCUT2D eigenvalue weighted by molar-refractivity contribution is -0.143. The largest absolute Gasteiger partial charge is 0.467 e. The Morgan fingerprint density at radius 1 is 1.30 bits per heavy atom. The summed E-state index contributed by atoms with van der Waals surface area (Å²) >= 11 is 6.68. The standard InChI is InChI=1S/C14H15Br2NO3/c1-20-14(19)12(4-8-2-3-8)17-13(18)9-5-10(15)7-11(16)6-9/h5-8,12H,2-4H2,1H3,(H,17,18)/t12-/m1/s1. The van der Waals surface area contributed by atoms with Crippen LogP contribution in [0.1, 0.15) is 29.6 Å². The normalized spacial score (nSPS) is 15.6. The van der Waals surface area contributed by atoms with Crippen molar-refractivity contribution < 1.29 is 14.3 Å². The second-order valence-electron chi connectivity index (χ2n) is 4.89. The highest BCUT2D eigenvalue weighted by atomic mass is 79.9. The van der Waals surface area contributed by atoms with Crippen molar-refractivity contribution in [2.45, 2.75) is 25.3 Å². The average Bonchev–Trinajstić information content (AvgIpc) is 3.19. The lowest BCUT2D eigenvalue weighted by Crippen LogP contribution is -2.41. The number of halogens is 2. The molecule has 6 heteroatoms. The molecule has 1 aromatic rings. The highest BCUT2D eigenvalue weighted by Gasteiger charge is 2.31. The van der Waals surface area contributed by atoms with Crippen LogP contribution < -0.4 is 5.32 Å². The summed E-state index contributed by atoms with van der Waals surface area (Å²) in [6, 6.07) is 4.70. The lowest BCUT2D eigenvalue weighted by atomic mass is 10.1. The summed E-state index contributed by atoms with van der Waals surface area (Å²) in [7, 11) is 1.34. The number of hydrogen-bond donors (Lipinski definition) is 1. The predicted molar refractivity (Wildman–Crippen MR) is 82.5 cm³/mol. The van der Waals surface area contributed by atoms with Gasteiger partial charge in [0.1, 0.15) is 6.04 Å². The van der Waals surface area contributed by atoms with E-state index in [1.807, 2.05) is 6.07 Å². The molecule has 108 valence electrons. The number of carbonyl (C=O) groups is 2. The van der Waals surface area contributed by atoms with Crippen LogP contribution in [0.2, 0.25) is 0 Å². The molecule has 0 heterocycles. The van der Waals surface area contributed by atoms with E-state index < -0.39 is 6.04 Å². The highest BCUT2D eigenvalue weighted by Crippen LogP contribution is 2.33. The van der Waals surface area contributed by atoms with Crippen molar-refractivity contribution in [1.29, 1.82) is 0 Å². The van der Waals surface area contributed by atoms with E-state index in [4.69, 9.17) is 4.74 Å². The zero-order valence-corrected chi connectivity index (χ0v) is 14.2. The third-order valence-electron chi connectivity index (χ3n) is 3.18. The lowest BCUT2D eigenvalue weighted by Gasteiger charge is -2.16. The number of amides is 1. The fourth-order valence-corrected chi connectivity index (χ4v) is 3.26. The van der Waals surface area contributed by atoms with Gasteiger partial charge >= 0.3 is 5.97 Å². The number of carbonyl (C=O) groups excluding carboxylic acids is 2. The molecule has 0 saturated heterocycles. The molecule has 0 unspecified atom stereocenters. The van der Waals surface area contributed by atoms with Gasteiger partial charge in [-0.3, -0.25) is 4.79 Å². The minimum Gasteiger partial charge on any atom is -0.467 e. The summed E-state index contributed by atoms with van der Waals surface area (Å²) in [4.78, 5) is 23.9. The topological polar surface area (TPSA) is 55.4 Å². The van der Waals surface area contributed by atoms with Gasteiger partial charge in [0.05, 0.1) is 7.11 Å². The van der Waals surface area contributed by atoms with Gasteiger partial charge in [-0.2, -0.15) is 0 Å². The van der Waals surface area contributed by atoms with Crippen molar-refractivity contribution >= 4 is 43.7 Å². The molecule has 0 bridgehead atoms. The van der Waals surface area contributed by atoms with Crippen molar-refractivity contribution in [1.82, 2.24) is 5.32 Å². The first kappa shape index (κ1) is 15.5. The molecule has 1 fully saturated rings. The third kappa shape index (κ3) is 4.31. The van der Waals surface area contributed by atoms with Crippen molar-refractivity contribution in [2.75, 3.05) is 7.11 Å². The predicted octanol–water partition coefficient (Wildman–Crippen LogP) is 3.28. The van der Waals surface area contributed by atoms with E-state index in [0.717, 1.165) is 21.8 Å². The van der Waals surface area contributed by atoms with Crippen LogP contribution >= 0.6 is 31.9 Å². The fourth-order valence-electron chi connectivity index (χ4n) is 1.97. The molecular weight excluding hydrogens is 390 g/mol. The van der Waals surface area contributed by atoms with Gasteiger partial charge in [-0.25, -0.2) is 4.79 Å². The van der Waals surface area contributed by atoms with E-state index in [2.05, 4.69) is 37.2 Å². The van der Waals surface area contributed by atoms with E-state index in [1.54, 1.807) is 12.1 Å². The van der Waals surface area contributed by atoms with Gasteiger partial charge in [0.15, 0.2) is 0 Å². The van der Waals surface area contributed by atoms with E-state index in [-0.39, 0.29) is 11.9 Å². The van der Waals surface area contributed by atoms with Gasteiger partial charge in [0.25, 0.3) is 5.91 Å². The first-order chi connectivity index (χ1) is 9.49. The van der Waals surface area contributed by atoms with E-state index >= 15 is 0 Å². The van der Waals surface area contributed by atoms with Crippen LogP contribution in [0.5, 0.6) is 0 Å². The molecule has 1 saturated carbocycles. The molecule has 1 aliphatic carbocycles. The van der Waals surface area contributed by atoms with E-state index in [0.29, 0.717) is 17.9 Å². The van der Waals surface area contributed by atoms with E-state index in [1.165, 1.54) is 7.11 Å². The summed E-state index contributed by atoms with van der Waals surface area (Å²) in [6.07, 6.45) is 2.88. The van der Waals surface area contributed by atoms with Gasteiger partial charge < -0.3 is 10.1 Å². The van der Waals surface area contributed by atoms with E-state index in [9.17, 15) is 9.59 Å². The molecule has 4 nitrogen and oxygen atoms in total. The number of nitrogens with one attached hydrogen (secondary N) is 1. The Hall–Kier alpha value is -0.880. The number of rotatable bonds is 5. The smallest absolute Gasteiger partial charge is 0.328 e. The molecule has 0 radical (unpaired) electrons. The number of hydrogen-bond acceptors (Lipinski definition) is 3. The van der Waals surface area contributed by atoms with Crippen LogP contribution in [0.25, 0.3) is 0 Å². The maximum atomic E-state index is 12.2. The summed E-state index contributed by atoms with van der Waals surface area (Å²) < 4.78 is 6.35. The van der Waals surface area contributed by atoms with Gasteiger partial charge in [0, 0.05) is 14.5 Å². The third-order valence-corrected chi connectivity index (χ3v) is 4.10. The molecule has 1 N–H and O–H groups in total. The van der Waals surface area contributed by atoms with Gasteiger partial charge in [-0.1, -0.05) is 44.7 Å². The number of methoxy groups -OCH3 is 1. The summed E-state index contributed by atoms with van der Waals surface area (Å²) in [6.45, 7) is 0. The molecular formula is C14H15Br2NO3. The molecule has 1 aromatic carbocycles. The van der Waals surface area contributed by atoms with Crippen molar-refractivity contribution in [2.24, 2.45) is 5.92 Å². The Morgan fingerprint density at radius 3 is 2.40 bits per heavy atom.